The molecule has 0 aromatic carbocycles. The summed E-state index contributed by atoms with van der Waals surface area (Å²) >= 11 is 5.90. The van der Waals surface area contributed by atoms with Gasteiger partial charge in [0, 0.05) is 19.2 Å². The Morgan fingerprint density at radius 1 is 1.29 bits per heavy atom. The van der Waals surface area contributed by atoms with Gasteiger partial charge >= 0.3 is 0 Å². The highest BCUT2D eigenvalue weighted by atomic mass is 35.5. The zero-order valence-corrected chi connectivity index (χ0v) is 11.5. The van der Waals surface area contributed by atoms with Crippen molar-refractivity contribution in [3.05, 3.63) is 11.2 Å². The van der Waals surface area contributed by atoms with E-state index in [-0.39, 0.29) is 5.95 Å². The molecule has 0 spiro atoms. The van der Waals surface area contributed by atoms with Crippen molar-refractivity contribution < 1.29 is 0 Å². The van der Waals surface area contributed by atoms with Crippen LogP contribution in [0.15, 0.2) is 6.07 Å². The van der Waals surface area contributed by atoms with Crippen LogP contribution in [0, 0.1) is 5.92 Å². The predicted molar refractivity (Wildman–Crippen MR) is 73.4 cm³/mol. The molecule has 0 unspecified atom stereocenters. The van der Waals surface area contributed by atoms with E-state index < -0.39 is 0 Å². The Labute approximate surface area is 108 Å². The van der Waals surface area contributed by atoms with E-state index in [2.05, 4.69) is 35.6 Å². The van der Waals surface area contributed by atoms with Gasteiger partial charge in [0.15, 0.2) is 0 Å². The zero-order valence-electron chi connectivity index (χ0n) is 10.8. The summed E-state index contributed by atoms with van der Waals surface area (Å²) in [4.78, 5) is 10.3. The minimum Gasteiger partial charge on any atom is -0.368 e. The molecular formula is C12H21ClN4. The van der Waals surface area contributed by atoms with Crippen molar-refractivity contribution in [1.82, 2.24) is 9.97 Å². The molecule has 2 N–H and O–H groups in total. The Kier molecular flexibility index (Phi) is 5.48. The van der Waals surface area contributed by atoms with Gasteiger partial charge < -0.3 is 10.6 Å². The van der Waals surface area contributed by atoms with Gasteiger partial charge in [0.1, 0.15) is 11.0 Å². The summed E-state index contributed by atoms with van der Waals surface area (Å²) in [6.45, 7) is 8.40. The summed E-state index contributed by atoms with van der Waals surface area (Å²) in [5.41, 5.74) is 5.61. The lowest BCUT2D eigenvalue weighted by Crippen LogP contribution is -2.30. The zero-order chi connectivity index (χ0) is 12.8. The van der Waals surface area contributed by atoms with Crippen LogP contribution in [-0.2, 0) is 0 Å². The largest absolute Gasteiger partial charge is 0.368 e. The molecule has 4 nitrogen and oxygen atoms in total. The van der Waals surface area contributed by atoms with Gasteiger partial charge in [-0.2, -0.15) is 4.98 Å². The van der Waals surface area contributed by atoms with E-state index >= 15 is 0 Å². The van der Waals surface area contributed by atoms with E-state index in [0.717, 1.165) is 18.9 Å². The topological polar surface area (TPSA) is 55.0 Å². The van der Waals surface area contributed by atoms with Gasteiger partial charge in [0.25, 0.3) is 0 Å². The number of aromatic nitrogens is 2. The molecule has 0 aliphatic heterocycles. The molecule has 0 amide bonds. The molecule has 0 atom stereocenters. The number of nitrogens with two attached hydrogens (primary N) is 1. The number of hydrogen-bond acceptors (Lipinski definition) is 4. The van der Waals surface area contributed by atoms with Crippen LogP contribution in [0.5, 0.6) is 0 Å². The average Bonchev–Trinajstić information content (AvgIpc) is 2.29. The lowest BCUT2D eigenvalue weighted by molar-refractivity contribution is 0.484. The third-order valence-electron chi connectivity index (χ3n) is 3.04. The maximum atomic E-state index is 5.90. The Hall–Kier alpha value is -1.03. The van der Waals surface area contributed by atoms with E-state index in [4.69, 9.17) is 17.3 Å². The summed E-state index contributed by atoms with van der Waals surface area (Å²) in [6, 6.07) is 1.77. The van der Waals surface area contributed by atoms with Gasteiger partial charge in [-0.25, -0.2) is 4.98 Å². The molecule has 0 bridgehead atoms. The summed E-state index contributed by atoms with van der Waals surface area (Å²) < 4.78 is 0. The molecule has 17 heavy (non-hydrogen) atoms. The van der Waals surface area contributed by atoms with E-state index in [1.54, 1.807) is 6.07 Å². The minimum absolute atomic E-state index is 0.232. The first-order valence-electron chi connectivity index (χ1n) is 6.15. The third-order valence-corrected chi connectivity index (χ3v) is 3.23. The fourth-order valence-corrected chi connectivity index (χ4v) is 2.01. The van der Waals surface area contributed by atoms with Gasteiger partial charge in [-0.05, 0) is 12.8 Å². The van der Waals surface area contributed by atoms with E-state index in [9.17, 15) is 0 Å². The molecular weight excluding hydrogens is 236 g/mol. The van der Waals surface area contributed by atoms with Crippen molar-refractivity contribution in [2.24, 2.45) is 5.92 Å². The van der Waals surface area contributed by atoms with Crippen LogP contribution in [0.1, 0.15) is 33.6 Å². The van der Waals surface area contributed by atoms with E-state index in [1.165, 1.54) is 12.8 Å². The molecule has 5 heteroatoms. The van der Waals surface area contributed by atoms with Crippen LogP contribution in [0.25, 0.3) is 0 Å². The van der Waals surface area contributed by atoms with Crippen molar-refractivity contribution in [1.29, 1.82) is 0 Å². The maximum absolute atomic E-state index is 5.90. The van der Waals surface area contributed by atoms with Crippen LogP contribution in [0.4, 0.5) is 11.8 Å². The van der Waals surface area contributed by atoms with Gasteiger partial charge in [-0.3, -0.25) is 0 Å². The molecule has 0 aliphatic rings. The Bertz CT molecular complexity index is 332. The van der Waals surface area contributed by atoms with Crippen LogP contribution < -0.4 is 10.6 Å². The fourth-order valence-electron chi connectivity index (χ4n) is 1.83. The highest BCUT2D eigenvalue weighted by Crippen LogP contribution is 2.19. The minimum atomic E-state index is 0.232. The van der Waals surface area contributed by atoms with Gasteiger partial charge in [-0.1, -0.05) is 38.3 Å². The standard InChI is InChI=1S/C12H21ClN4/c1-4-9(5-2)8-17(6-3)11-7-10(13)15-12(14)16-11/h7,9H,4-6,8H2,1-3H3,(H2,14,15,16). The van der Waals surface area contributed by atoms with Crippen molar-refractivity contribution in [3.8, 4) is 0 Å². The second kappa shape index (κ2) is 6.64. The molecule has 0 fully saturated rings. The van der Waals surface area contributed by atoms with Gasteiger partial charge in [-0.15, -0.1) is 0 Å². The SMILES string of the molecule is CCC(CC)CN(CC)c1cc(Cl)nc(N)n1. The van der Waals surface area contributed by atoms with Crippen LogP contribution in [0.3, 0.4) is 0 Å². The molecule has 1 aromatic heterocycles. The van der Waals surface area contributed by atoms with Gasteiger partial charge in [0.05, 0.1) is 0 Å². The molecule has 1 rings (SSSR count). The molecule has 0 aliphatic carbocycles. The highest BCUT2D eigenvalue weighted by molar-refractivity contribution is 6.29. The first kappa shape index (κ1) is 14.0. The smallest absolute Gasteiger partial charge is 0.223 e. The Morgan fingerprint density at radius 2 is 1.94 bits per heavy atom. The first-order chi connectivity index (χ1) is 8.10. The predicted octanol–water partition coefficient (Wildman–Crippen LogP) is 2.97. The van der Waals surface area contributed by atoms with Crippen LogP contribution in [0.2, 0.25) is 5.15 Å². The second-order valence-electron chi connectivity index (χ2n) is 4.13. The lowest BCUT2D eigenvalue weighted by Gasteiger charge is -2.26. The van der Waals surface area contributed by atoms with Gasteiger partial charge in [0.2, 0.25) is 5.95 Å². The Balaban J connectivity index is 2.85. The van der Waals surface area contributed by atoms with E-state index in [0.29, 0.717) is 11.1 Å². The first-order valence-corrected chi connectivity index (χ1v) is 6.53. The lowest BCUT2D eigenvalue weighted by atomic mass is 10.0. The molecule has 0 saturated carbocycles. The summed E-state index contributed by atoms with van der Waals surface area (Å²) in [7, 11) is 0. The van der Waals surface area contributed by atoms with Crippen molar-refractivity contribution in [2.45, 2.75) is 33.6 Å². The summed E-state index contributed by atoms with van der Waals surface area (Å²) in [5.74, 6) is 1.72. The van der Waals surface area contributed by atoms with Crippen molar-refractivity contribution in [2.75, 3.05) is 23.7 Å². The number of nitrogen functional groups attached to an aromatic ring is 1. The second-order valence-corrected chi connectivity index (χ2v) is 4.52. The molecule has 1 heterocycles. The molecule has 0 radical (unpaired) electrons. The van der Waals surface area contributed by atoms with Crippen molar-refractivity contribution in [3.63, 3.8) is 0 Å². The fraction of sp³-hybridized carbons (Fsp3) is 0.667. The molecule has 0 saturated heterocycles. The molecule has 1 aromatic rings. The quantitative estimate of drug-likeness (QED) is 0.795. The highest BCUT2D eigenvalue weighted by Gasteiger charge is 2.13. The van der Waals surface area contributed by atoms with E-state index in [1.807, 2.05) is 0 Å². The summed E-state index contributed by atoms with van der Waals surface area (Å²) in [5, 5.41) is 0.399. The van der Waals surface area contributed by atoms with Crippen LogP contribution in [-0.4, -0.2) is 23.1 Å². The average molecular weight is 257 g/mol. The Morgan fingerprint density at radius 3 is 2.41 bits per heavy atom. The van der Waals surface area contributed by atoms with Crippen LogP contribution >= 0.6 is 11.6 Å². The third kappa shape index (κ3) is 4.04. The number of nitrogens with zero attached hydrogens (tertiary/aromatic N) is 3. The summed E-state index contributed by atoms with van der Waals surface area (Å²) in [6.07, 6.45) is 2.34. The normalized spacial score (nSPS) is 10.9. The number of hydrogen-bond donors (Lipinski definition) is 1. The number of anilines is 2. The number of halogens is 1. The number of rotatable bonds is 6. The maximum Gasteiger partial charge on any atom is 0.223 e. The van der Waals surface area contributed by atoms with Crippen molar-refractivity contribution >= 4 is 23.4 Å². The monoisotopic (exact) mass is 256 g/mol. The molecule has 96 valence electrons.